The smallest absolute Gasteiger partial charge is 0.335 e. The van der Waals surface area contributed by atoms with Gasteiger partial charge >= 0.3 is 5.97 Å². The van der Waals surface area contributed by atoms with Gasteiger partial charge in [-0.05, 0) is 18.6 Å². The van der Waals surface area contributed by atoms with Crippen LogP contribution in [0.3, 0.4) is 0 Å². The number of aryl methyl sites for hydroxylation is 1. The van der Waals surface area contributed by atoms with Gasteiger partial charge in [-0.15, -0.1) is 5.10 Å². The summed E-state index contributed by atoms with van der Waals surface area (Å²) < 4.78 is 28.8. The molecule has 0 amide bonds. The van der Waals surface area contributed by atoms with Crippen molar-refractivity contribution in [3.8, 4) is 0 Å². The Hall–Kier alpha value is -2.51. The number of benzene rings is 1. The third-order valence-corrected chi connectivity index (χ3v) is 2.63. The molecule has 1 aromatic carbocycles. The highest BCUT2D eigenvalue weighted by Gasteiger charge is 2.14. The third-order valence-electron chi connectivity index (χ3n) is 2.63. The number of halogens is 2. The van der Waals surface area contributed by atoms with Crippen LogP contribution in [0.5, 0.6) is 0 Å². The maximum Gasteiger partial charge on any atom is 0.335 e. The van der Waals surface area contributed by atoms with Crippen LogP contribution >= 0.6 is 0 Å². The van der Waals surface area contributed by atoms with Crippen molar-refractivity contribution in [2.45, 2.75) is 13.0 Å². The number of anilines is 1. The molecule has 6 nitrogen and oxygen atoms in total. The van der Waals surface area contributed by atoms with Gasteiger partial charge in [0.15, 0.2) is 0 Å². The number of nitrogens with zero attached hydrogens (tertiary/aromatic N) is 3. The van der Waals surface area contributed by atoms with Crippen LogP contribution in [0.1, 0.15) is 16.8 Å². The molecule has 1 heterocycles. The molecule has 0 saturated carbocycles. The number of carbonyl (C=O) groups is 1. The lowest BCUT2D eigenvalue weighted by molar-refractivity contribution is 0.0696. The average molecular weight is 282 g/mol. The van der Waals surface area contributed by atoms with Crippen molar-refractivity contribution in [3.05, 3.63) is 41.7 Å². The number of carboxylic acid groups (broad SMARTS) is 1. The highest BCUT2D eigenvalue weighted by atomic mass is 19.1. The van der Waals surface area contributed by atoms with Gasteiger partial charge < -0.3 is 10.4 Å². The molecule has 0 atom stereocenters. The van der Waals surface area contributed by atoms with Crippen molar-refractivity contribution >= 4 is 11.7 Å². The van der Waals surface area contributed by atoms with Gasteiger partial charge in [0.25, 0.3) is 0 Å². The van der Waals surface area contributed by atoms with Gasteiger partial charge in [-0.1, -0.05) is 5.21 Å². The molecule has 0 aliphatic heterocycles. The molecule has 2 N–H and O–H groups in total. The molecule has 1 aromatic heterocycles. The van der Waals surface area contributed by atoms with E-state index in [1.165, 1.54) is 6.20 Å². The van der Waals surface area contributed by atoms with Crippen LogP contribution in [0.2, 0.25) is 0 Å². The molecule has 0 radical (unpaired) electrons. The van der Waals surface area contributed by atoms with Crippen LogP contribution in [-0.4, -0.2) is 32.6 Å². The zero-order valence-electron chi connectivity index (χ0n) is 10.4. The minimum atomic E-state index is -1.37. The Labute approximate surface area is 113 Å². The molecule has 20 heavy (non-hydrogen) atoms. The van der Waals surface area contributed by atoms with E-state index in [0.717, 1.165) is 12.1 Å². The van der Waals surface area contributed by atoms with Crippen molar-refractivity contribution in [2.24, 2.45) is 0 Å². The third kappa shape index (κ3) is 3.28. The van der Waals surface area contributed by atoms with E-state index in [2.05, 4.69) is 15.6 Å². The second-order valence-electron chi connectivity index (χ2n) is 4.07. The summed E-state index contributed by atoms with van der Waals surface area (Å²) in [6.45, 7) is 0.879. The highest BCUT2D eigenvalue weighted by Crippen LogP contribution is 2.20. The molecule has 0 aliphatic carbocycles. The summed E-state index contributed by atoms with van der Waals surface area (Å²) in [4.78, 5) is 10.6. The van der Waals surface area contributed by atoms with Gasteiger partial charge in [0.1, 0.15) is 17.3 Å². The summed E-state index contributed by atoms with van der Waals surface area (Å²) in [5.74, 6) is -3.23. The van der Waals surface area contributed by atoms with E-state index in [0.29, 0.717) is 19.5 Å². The first-order valence-electron chi connectivity index (χ1n) is 5.88. The monoisotopic (exact) mass is 282 g/mol. The van der Waals surface area contributed by atoms with E-state index in [-0.39, 0.29) is 5.69 Å². The Kier molecular flexibility index (Phi) is 4.24. The Morgan fingerprint density at radius 2 is 2.05 bits per heavy atom. The van der Waals surface area contributed by atoms with Gasteiger partial charge in [0.05, 0.1) is 11.8 Å². The molecule has 2 aromatic rings. The average Bonchev–Trinajstić information content (AvgIpc) is 2.89. The maximum atomic E-state index is 13.6. The number of aromatic nitrogens is 3. The number of carboxylic acids is 1. The van der Waals surface area contributed by atoms with Crippen LogP contribution in [0.25, 0.3) is 0 Å². The largest absolute Gasteiger partial charge is 0.478 e. The van der Waals surface area contributed by atoms with Crippen molar-refractivity contribution in [1.29, 1.82) is 0 Å². The summed E-state index contributed by atoms with van der Waals surface area (Å²) in [5, 5.41) is 18.7. The van der Waals surface area contributed by atoms with E-state index in [1.54, 1.807) is 10.9 Å². The van der Waals surface area contributed by atoms with Crippen LogP contribution < -0.4 is 5.32 Å². The Bertz CT molecular complexity index is 579. The lowest BCUT2D eigenvalue weighted by atomic mass is 10.2. The first-order valence-corrected chi connectivity index (χ1v) is 5.88. The maximum absolute atomic E-state index is 13.6. The van der Waals surface area contributed by atoms with Crippen LogP contribution in [0.4, 0.5) is 14.5 Å². The molecule has 2 rings (SSSR count). The van der Waals surface area contributed by atoms with Crippen molar-refractivity contribution in [1.82, 2.24) is 15.0 Å². The molecule has 8 heteroatoms. The van der Waals surface area contributed by atoms with E-state index >= 15 is 0 Å². The predicted octanol–water partition coefficient (Wildman–Crippen LogP) is 1.76. The number of hydrogen-bond acceptors (Lipinski definition) is 4. The highest BCUT2D eigenvalue weighted by molar-refractivity contribution is 5.88. The number of nitrogens with one attached hydrogen (secondary N) is 1. The van der Waals surface area contributed by atoms with Crippen molar-refractivity contribution in [2.75, 3.05) is 11.9 Å². The molecule has 0 spiro atoms. The Balaban J connectivity index is 1.94. The second-order valence-corrected chi connectivity index (χ2v) is 4.07. The van der Waals surface area contributed by atoms with E-state index in [4.69, 9.17) is 5.11 Å². The van der Waals surface area contributed by atoms with Gasteiger partial charge in [-0.25, -0.2) is 13.6 Å². The SMILES string of the molecule is O=C(O)c1cc(F)c(NCCCn2ccnn2)c(F)c1. The summed E-state index contributed by atoms with van der Waals surface area (Å²) in [7, 11) is 0. The molecule has 106 valence electrons. The molecule has 0 saturated heterocycles. The van der Waals surface area contributed by atoms with Gasteiger partial charge in [-0.2, -0.15) is 0 Å². The summed E-state index contributed by atoms with van der Waals surface area (Å²) >= 11 is 0. The predicted molar refractivity (Wildman–Crippen MR) is 66.4 cm³/mol. The number of rotatable bonds is 6. The summed E-state index contributed by atoms with van der Waals surface area (Å²) in [6, 6.07) is 1.57. The second kappa shape index (κ2) is 6.09. The normalized spacial score (nSPS) is 10.5. The first kappa shape index (κ1) is 13.9. The molecular weight excluding hydrogens is 270 g/mol. The standard InChI is InChI=1S/C12H12F2N4O2/c13-9-6-8(12(19)20)7-10(14)11(9)15-2-1-4-18-5-3-16-17-18/h3,5-7,15H,1-2,4H2,(H,19,20). The van der Waals surface area contributed by atoms with Gasteiger partial charge in [0.2, 0.25) is 0 Å². The van der Waals surface area contributed by atoms with Crippen LogP contribution in [0, 0.1) is 11.6 Å². The lowest BCUT2D eigenvalue weighted by Crippen LogP contribution is -2.10. The topological polar surface area (TPSA) is 80.0 Å². The Morgan fingerprint density at radius 3 is 2.60 bits per heavy atom. The summed E-state index contributed by atoms with van der Waals surface area (Å²) in [5.41, 5.74) is -0.748. The van der Waals surface area contributed by atoms with Crippen LogP contribution in [-0.2, 0) is 6.54 Å². The molecule has 0 unspecified atom stereocenters. The van der Waals surface area contributed by atoms with E-state index in [9.17, 15) is 13.6 Å². The minimum absolute atomic E-state index is 0.320. The summed E-state index contributed by atoms with van der Waals surface area (Å²) in [6.07, 6.45) is 3.81. The van der Waals surface area contributed by atoms with Crippen molar-refractivity contribution in [3.63, 3.8) is 0 Å². The molecule has 0 aliphatic rings. The number of hydrogen-bond donors (Lipinski definition) is 2. The van der Waals surface area contributed by atoms with Crippen LogP contribution in [0.15, 0.2) is 24.5 Å². The van der Waals surface area contributed by atoms with Crippen molar-refractivity contribution < 1.29 is 18.7 Å². The fourth-order valence-electron chi connectivity index (χ4n) is 1.67. The zero-order valence-corrected chi connectivity index (χ0v) is 10.4. The molecule has 0 fully saturated rings. The quantitative estimate of drug-likeness (QED) is 0.789. The van der Waals surface area contributed by atoms with E-state index < -0.39 is 23.2 Å². The number of aromatic carboxylic acids is 1. The van der Waals surface area contributed by atoms with Gasteiger partial charge in [0, 0.05) is 19.3 Å². The Morgan fingerprint density at radius 1 is 1.35 bits per heavy atom. The fourth-order valence-corrected chi connectivity index (χ4v) is 1.67. The fraction of sp³-hybridized carbons (Fsp3) is 0.250. The lowest BCUT2D eigenvalue weighted by Gasteiger charge is -2.09. The first-order chi connectivity index (χ1) is 9.58. The van der Waals surface area contributed by atoms with Gasteiger partial charge in [-0.3, -0.25) is 4.68 Å². The zero-order chi connectivity index (χ0) is 14.5. The molecular formula is C12H12F2N4O2. The van der Waals surface area contributed by atoms with E-state index in [1.807, 2.05) is 0 Å². The minimum Gasteiger partial charge on any atom is -0.478 e. The molecule has 0 bridgehead atoms.